The summed E-state index contributed by atoms with van der Waals surface area (Å²) in [4.78, 5) is 21.3. The number of aromatic nitrogens is 2. The highest BCUT2D eigenvalue weighted by Crippen LogP contribution is 2.26. The lowest BCUT2D eigenvalue weighted by atomic mass is 10.3. The van der Waals surface area contributed by atoms with Crippen LogP contribution in [0.25, 0.3) is 10.2 Å². The van der Waals surface area contributed by atoms with Crippen molar-refractivity contribution in [3.63, 3.8) is 0 Å². The maximum absolute atomic E-state index is 11.6. The van der Waals surface area contributed by atoms with E-state index < -0.39 is 0 Å². The van der Waals surface area contributed by atoms with E-state index in [1.54, 1.807) is 25.3 Å². The number of carbonyl (C=O) groups is 1. The van der Waals surface area contributed by atoms with Gasteiger partial charge in [0.25, 0.3) is 0 Å². The number of anilines is 2. The van der Waals surface area contributed by atoms with Crippen molar-refractivity contribution in [1.82, 2.24) is 15.3 Å². The van der Waals surface area contributed by atoms with Crippen molar-refractivity contribution < 1.29 is 4.79 Å². The normalized spacial score (nSPS) is 12.2. The molecule has 0 bridgehead atoms. The zero-order valence-corrected chi connectivity index (χ0v) is 12.0. The Morgan fingerprint density at radius 2 is 2.26 bits per heavy atom. The zero-order valence-electron chi connectivity index (χ0n) is 11.2. The summed E-state index contributed by atoms with van der Waals surface area (Å²) in [5.74, 6) is 1.18. The Hall–Kier alpha value is -1.89. The molecular weight excluding hydrogens is 262 g/mol. The Morgan fingerprint density at radius 1 is 1.47 bits per heavy atom. The average Bonchev–Trinajstić information content (AvgIpc) is 2.86. The van der Waals surface area contributed by atoms with Crippen molar-refractivity contribution in [2.45, 2.75) is 19.9 Å². The third kappa shape index (κ3) is 2.93. The highest BCUT2D eigenvalue weighted by atomic mass is 32.1. The summed E-state index contributed by atoms with van der Waals surface area (Å²) < 4.78 is 0. The van der Waals surface area contributed by atoms with E-state index in [0.29, 0.717) is 11.8 Å². The van der Waals surface area contributed by atoms with Gasteiger partial charge in [0.1, 0.15) is 16.7 Å². The second-order valence-electron chi connectivity index (χ2n) is 4.05. The molecule has 0 saturated carbocycles. The van der Waals surface area contributed by atoms with E-state index >= 15 is 0 Å². The Kier molecular flexibility index (Phi) is 4.16. The molecule has 2 aromatic rings. The number of rotatable bonds is 5. The van der Waals surface area contributed by atoms with Crippen LogP contribution in [0.3, 0.4) is 0 Å². The number of nitrogens with zero attached hydrogens (tertiary/aromatic N) is 2. The molecule has 0 aliphatic carbocycles. The topological polar surface area (TPSA) is 78.9 Å². The third-order valence-electron chi connectivity index (χ3n) is 2.65. The molecule has 2 rings (SSSR count). The van der Waals surface area contributed by atoms with Crippen molar-refractivity contribution >= 4 is 39.2 Å². The molecule has 2 aromatic heterocycles. The summed E-state index contributed by atoms with van der Waals surface area (Å²) in [5, 5.41) is 11.7. The lowest BCUT2D eigenvalue weighted by molar-refractivity contribution is -0.121. The monoisotopic (exact) mass is 279 g/mol. The highest BCUT2D eigenvalue weighted by molar-refractivity contribution is 7.16. The summed E-state index contributed by atoms with van der Waals surface area (Å²) in [6.07, 6.45) is 0. The van der Waals surface area contributed by atoms with E-state index in [0.717, 1.165) is 16.8 Å². The summed E-state index contributed by atoms with van der Waals surface area (Å²) in [6, 6.07) is 1.60. The molecule has 0 saturated heterocycles. The molecule has 0 aliphatic heterocycles. The standard InChI is InChI=1S/C12H17N5OS/c1-4-14-12-16-9(15-7(2)10(18)13-3)8-5-6-19-11(8)17-12/h5-7H,4H2,1-3H3,(H,13,18)(H2,14,15,16,17). The van der Waals surface area contributed by atoms with E-state index in [2.05, 4.69) is 25.9 Å². The predicted molar refractivity (Wildman–Crippen MR) is 78.7 cm³/mol. The molecule has 0 fully saturated rings. The van der Waals surface area contributed by atoms with Crippen LogP contribution in [0.4, 0.5) is 11.8 Å². The van der Waals surface area contributed by atoms with Crippen molar-refractivity contribution in [3.05, 3.63) is 11.4 Å². The van der Waals surface area contributed by atoms with E-state index in [1.807, 2.05) is 18.4 Å². The van der Waals surface area contributed by atoms with Crippen LogP contribution in [0.2, 0.25) is 0 Å². The van der Waals surface area contributed by atoms with E-state index in [4.69, 9.17) is 0 Å². The van der Waals surface area contributed by atoms with Crippen LogP contribution in [-0.2, 0) is 4.79 Å². The number of carbonyl (C=O) groups excluding carboxylic acids is 1. The van der Waals surface area contributed by atoms with Gasteiger partial charge in [0.05, 0.1) is 5.39 Å². The number of likely N-dealkylation sites (N-methyl/N-ethyl adjacent to an activating group) is 1. The van der Waals surface area contributed by atoms with Crippen molar-refractivity contribution in [1.29, 1.82) is 0 Å². The molecule has 1 atom stereocenters. The number of hydrogen-bond acceptors (Lipinski definition) is 6. The summed E-state index contributed by atoms with van der Waals surface area (Å²) in [6.45, 7) is 4.54. The van der Waals surface area contributed by atoms with Gasteiger partial charge in [-0.05, 0) is 25.3 Å². The number of amides is 1. The smallest absolute Gasteiger partial charge is 0.241 e. The molecular formula is C12H17N5OS. The van der Waals surface area contributed by atoms with Crippen LogP contribution < -0.4 is 16.0 Å². The second kappa shape index (κ2) is 5.83. The van der Waals surface area contributed by atoms with Crippen LogP contribution in [0.15, 0.2) is 11.4 Å². The molecule has 7 heteroatoms. The minimum atomic E-state index is -0.350. The van der Waals surface area contributed by atoms with Gasteiger partial charge in [-0.25, -0.2) is 4.98 Å². The first kappa shape index (κ1) is 13.5. The predicted octanol–water partition coefficient (Wildman–Crippen LogP) is 1.67. The molecule has 1 amide bonds. The van der Waals surface area contributed by atoms with Gasteiger partial charge in [-0.2, -0.15) is 4.98 Å². The molecule has 2 heterocycles. The lowest BCUT2D eigenvalue weighted by Crippen LogP contribution is -2.35. The van der Waals surface area contributed by atoms with Gasteiger partial charge in [-0.1, -0.05) is 0 Å². The molecule has 0 aliphatic rings. The van der Waals surface area contributed by atoms with Crippen molar-refractivity contribution in [3.8, 4) is 0 Å². The lowest BCUT2D eigenvalue weighted by Gasteiger charge is -2.14. The Bertz CT molecular complexity index is 583. The minimum absolute atomic E-state index is 0.0769. The number of thiophene rings is 1. The van der Waals surface area contributed by atoms with Crippen LogP contribution in [0.1, 0.15) is 13.8 Å². The van der Waals surface area contributed by atoms with E-state index in [9.17, 15) is 4.79 Å². The largest absolute Gasteiger partial charge is 0.358 e. The first-order chi connectivity index (χ1) is 9.15. The van der Waals surface area contributed by atoms with Crippen LogP contribution >= 0.6 is 11.3 Å². The second-order valence-corrected chi connectivity index (χ2v) is 4.94. The van der Waals surface area contributed by atoms with E-state index in [1.165, 1.54) is 0 Å². The first-order valence-corrected chi connectivity index (χ1v) is 7.01. The van der Waals surface area contributed by atoms with Crippen LogP contribution in [0.5, 0.6) is 0 Å². The highest BCUT2D eigenvalue weighted by Gasteiger charge is 2.15. The van der Waals surface area contributed by atoms with Crippen LogP contribution in [-0.4, -0.2) is 35.5 Å². The maximum Gasteiger partial charge on any atom is 0.241 e. The number of fused-ring (bicyclic) bond motifs is 1. The van der Waals surface area contributed by atoms with Crippen molar-refractivity contribution in [2.75, 3.05) is 24.2 Å². The van der Waals surface area contributed by atoms with Gasteiger partial charge in [-0.15, -0.1) is 11.3 Å². The third-order valence-corrected chi connectivity index (χ3v) is 3.46. The fourth-order valence-electron chi connectivity index (χ4n) is 1.69. The first-order valence-electron chi connectivity index (χ1n) is 6.13. The number of nitrogens with one attached hydrogen (secondary N) is 3. The van der Waals surface area contributed by atoms with Gasteiger partial charge in [-0.3, -0.25) is 4.79 Å². The fourth-order valence-corrected chi connectivity index (χ4v) is 2.45. The molecule has 6 nitrogen and oxygen atoms in total. The molecule has 3 N–H and O–H groups in total. The Balaban J connectivity index is 2.34. The molecule has 102 valence electrons. The molecule has 0 radical (unpaired) electrons. The Morgan fingerprint density at radius 3 is 2.95 bits per heavy atom. The summed E-state index contributed by atoms with van der Waals surface area (Å²) in [5.41, 5.74) is 0. The minimum Gasteiger partial charge on any atom is -0.358 e. The van der Waals surface area contributed by atoms with Crippen molar-refractivity contribution in [2.24, 2.45) is 0 Å². The summed E-state index contributed by atoms with van der Waals surface area (Å²) in [7, 11) is 1.62. The van der Waals surface area contributed by atoms with Gasteiger partial charge in [0, 0.05) is 13.6 Å². The van der Waals surface area contributed by atoms with Gasteiger partial charge >= 0.3 is 0 Å². The molecule has 1 unspecified atom stereocenters. The molecule has 19 heavy (non-hydrogen) atoms. The molecule has 0 aromatic carbocycles. The van der Waals surface area contributed by atoms with Gasteiger partial charge < -0.3 is 16.0 Å². The quantitative estimate of drug-likeness (QED) is 0.776. The maximum atomic E-state index is 11.6. The zero-order chi connectivity index (χ0) is 13.8. The Labute approximate surface area is 115 Å². The van der Waals surface area contributed by atoms with Gasteiger partial charge in [0.15, 0.2) is 0 Å². The van der Waals surface area contributed by atoms with Crippen LogP contribution in [0, 0.1) is 0 Å². The van der Waals surface area contributed by atoms with Gasteiger partial charge in [0.2, 0.25) is 11.9 Å². The fraction of sp³-hybridized carbons (Fsp3) is 0.417. The summed E-state index contributed by atoms with van der Waals surface area (Å²) >= 11 is 1.55. The SMILES string of the molecule is CCNc1nc(NC(C)C(=O)NC)c2ccsc2n1. The van der Waals surface area contributed by atoms with E-state index in [-0.39, 0.29) is 11.9 Å². The average molecular weight is 279 g/mol. The number of hydrogen-bond donors (Lipinski definition) is 3. The molecule has 0 spiro atoms.